The molecule has 0 unspecified atom stereocenters. The fourth-order valence-electron chi connectivity index (χ4n) is 5.26. The number of ether oxygens (including phenoxy) is 1. The molecule has 0 radical (unpaired) electrons. The van der Waals surface area contributed by atoms with Crippen molar-refractivity contribution in [1.82, 2.24) is 5.32 Å². The minimum atomic E-state index is -1.44. The predicted molar refractivity (Wildman–Crippen MR) is 122 cm³/mol. The van der Waals surface area contributed by atoms with Crippen LogP contribution in [0.15, 0.2) is 48.5 Å². The summed E-state index contributed by atoms with van der Waals surface area (Å²) in [5, 5.41) is 3.23. The minimum Gasteiger partial charge on any atom is -0.468 e. The van der Waals surface area contributed by atoms with E-state index < -0.39 is 47.0 Å². The number of anilines is 1. The number of amides is 2. The SMILES string of the molecule is CCCC[C@]1(C(=O)OC)N[C@H](c2cccc(F)c2)[C@H]2C(=O)N(c3cccc(C(C)=O)c3)C(=O)[C@H]21. The third-order valence-electron chi connectivity index (χ3n) is 6.85. The van der Waals surface area contributed by atoms with E-state index in [1.54, 1.807) is 24.3 Å². The number of methoxy groups -OCH3 is 1. The van der Waals surface area contributed by atoms with Crippen molar-refractivity contribution in [3.63, 3.8) is 0 Å². The number of carbonyl (C=O) groups is 4. The molecule has 4 atom stereocenters. The van der Waals surface area contributed by atoms with Crippen LogP contribution in [-0.4, -0.2) is 36.2 Å². The van der Waals surface area contributed by atoms with Gasteiger partial charge in [0.2, 0.25) is 11.8 Å². The van der Waals surface area contributed by atoms with Crippen LogP contribution in [0.5, 0.6) is 0 Å². The van der Waals surface area contributed by atoms with E-state index in [2.05, 4.69) is 5.32 Å². The van der Waals surface area contributed by atoms with Gasteiger partial charge in [-0.1, -0.05) is 44.0 Å². The second kappa shape index (κ2) is 9.10. The van der Waals surface area contributed by atoms with Crippen LogP contribution in [0.4, 0.5) is 10.1 Å². The lowest BCUT2D eigenvalue weighted by molar-refractivity contribution is -0.152. The number of Topliss-reactive ketones (excluding diaryl/α,β-unsaturated/α-hetero) is 1. The van der Waals surface area contributed by atoms with Gasteiger partial charge in [0.1, 0.15) is 11.4 Å². The van der Waals surface area contributed by atoms with Gasteiger partial charge in [-0.25, -0.2) is 9.29 Å². The Kier molecular flexibility index (Phi) is 6.36. The number of carbonyl (C=O) groups excluding carboxylic acids is 4. The van der Waals surface area contributed by atoms with E-state index in [-0.39, 0.29) is 17.9 Å². The Morgan fingerprint density at radius 1 is 1.12 bits per heavy atom. The van der Waals surface area contributed by atoms with Gasteiger partial charge in [-0.2, -0.15) is 0 Å². The molecule has 34 heavy (non-hydrogen) atoms. The number of fused-ring (bicyclic) bond motifs is 1. The van der Waals surface area contributed by atoms with E-state index in [0.717, 1.165) is 11.3 Å². The van der Waals surface area contributed by atoms with Gasteiger partial charge in [0.15, 0.2) is 5.78 Å². The third-order valence-corrected chi connectivity index (χ3v) is 6.85. The van der Waals surface area contributed by atoms with Crippen LogP contribution in [0.2, 0.25) is 0 Å². The zero-order valence-corrected chi connectivity index (χ0v) is 19.3. The molecule has 2 heterocycles. The molecule has 2 aromatic rings. The summed E-state index contributed by atoms with van der Waals surface area (Å²) in [6.45, 7) is 3.36. The number of imide groups is 1. The Morgan fingerprint density at radius 2 is 1.85 bits per heavy atom. The highest BCUT2D eigenvalue weighted by Crippen LogP contribution is 2.51. The van der Waals surface area contributed by atoms with Crippen LogP contribution >= 0.6 is 0 Å². The van der Waals surface area contributed by atoms with Gasteiger partial charge >= 0.3 is 5.97 Å². The molecular formula is C26H27FN2O5. The average Bonchev–Trinajstić information content (AvgIpc) is 3.31. The summed E-state index contributed by atoms with van der Waals surface area (Å²) in [6, 6.07) is 11.3. The van der Waals surface area contributed by atoms with Crippen molar-refractivity contribution in [3.05, 3.63) is 65.5 Å². The van der Waals surface area contributed by atoms with Gasteiger partial charge < -0.3 is 4.74 Å². The van der Waals surface area contributed by atoms with Gasteiger partial charge in [-0.3, -0.25) is 24.5 Å². The van der Waals surface area contributed by atoms with Gasteiger partial charge in [0.25, 0.3) is 0 Å². The van der Waals surface area contributed by atoms with Crippen LogP contribution in [0, 0.1) is 17.7 Å². The highest BCUT2D eigenvalue weighted by molar-refractivity contribution is 6.24. The number of hydrogen-bond donors (Lipinski definition) is 1. The number of halogens is 1. The summed E-state index contributed by atoms with van der Waals surface area (Å²) in [7, 11) is 1.25. The number of benzene rings is 2. The zero-order valence-electron chi connectivity index (χ0n) is 19.3. The van der Waals surface area contributed by atoms with Crippen molar-refractivity contribution < 1.29 is 28.3 Å². The molecule has 2 amide bonds. The summed E-state index contributed by atoms with van der Waals surface area (Å²) >= 11 is 0. The summed E-state index contributed by atoms with van der Waals surface area (Å²) in [6.07, 6.45) is 1.65. The lowest BCUT2D eigenvalue weighted by atomic mass is 9.76. The number of hydrogen-bond acceptors (Lipinski definition) is 6. The van der Waals surface area contributed by atoms with Gasteiger partial charge in [-0.05, 0) is 43.2 Å². The lowest BCUT2D eigenvalue weighted by Gasteiger charge is -2.32. The molecule has 2 fully saturated rings. The van der Waals surface area contributed by atoms with Crippen molar-refractivity contribution in [2.75, 3.05) is 12.0 Å². The number of rotatable bonds is 7. The van der Waals surface area contributed by atoms with Crippen LogP contribution in [-0.2, 0) is 19.1 Å². The Labute approximate surface area is 197 Å². The second-order valence-electron chi connectivity index (χ2n) is 8.87. The minimum absolute atomic E-state index is 0.202. The molecule has 178 valence electrons. The zero-order chi connectivity index (χ0) is 24.6. The molecule has 4 rings (SSSR count). The smallest absolute Gasteiger partial charge is 0.326 e. The number of ketones is 1. The number of unbranched alkanes of at least 4 members (excludes halogenated alkanes) is 1. The first kappa shape index (κ1) is 23.8. The molecule has 0 spiro atoms. The Balaban J connectivity index is 1.87. The molecule has 2 aromatic carbocycles. The maximum atomic E-state index is 14.1. The maximum Gasteiger partial charge on any atom is 0.326 e. The Bertz CT molecular complexity index is 1170. The van der Waals surface area contributed by atoms with E-state index in [1.807, 2.05) is 6.92 Å². The van der Waals surface area contributed by atoms with E-state index >= 15 is 0 Å². The third kappa shape index (κ3) is 3.72. The first-order chi connectivity index (χ1) is 16.2. The van der Waals surface area contributed by atoms with Crippen LogP contribution in [0.25, 0.3) is 0 Å². The predicted octanol–water partition coefficient (Wildman–Crippen LogP) is 3.58. The number of nitrogens with zero attached hydrogens (tertiary/aromatic N) is 1. The fourth-order valence-corrected chi connectivity index (χ4v) is 5.26. The average molecular weight is 467 g/mol. The molecule has 0 bridgehead atoms. The molecule has 2 aliphatic heterocycles. The molecule has 2 aliphatic rings. The fraction of sp³-hybridized carbons (Fsp3) is 0.385. The van der Waals surface area contributed by atoms with Gasteiger partial charge in [-0.15, -0.1) is 0 Å². The van der Waals surface area contributed by atoms with Crippen LogP contribution < -0.4 is 10.2 Å². The molecule has 0 aromatic heterocycles. The lowest BCUT2D eigenvalue weighted by Crippen LogP contribution is -2.56. The molecule has 0 saturated carbocycles. The highest BCUT2D eigenvalue weighted by Gasteiger charge is 2.68. The first-order valence-electron chi connectivity index (χ1n) is 11.4. The quantitative estimate of drug-likeness (QED) is 0.381. The van der Waals surface area contributed by atoms with Gasteiger partial charge in [0, 0.05) is 11.6 Å². The van der Waals surface area contributed by atoms with E-state index in [0.29, 0.717) is 17.5 Å². The molecular weight excluding hydrogens is 439 g/mol. The van der Waals surface area contributed by atoms with Gasteiger partial charge in [0.05, 0.1) is 24.6 Å². The van der Waals surface area contributed by atoms with Crippen molar-refractivity contribution in [2.45, 2.75) is 44.7 Å². The van der Waals surface area contributed by atoms with E-state index in [1.165, 1.54) is 38.3 Å². The molecule has 7 nitrogen and oxygen atoms in total. The molecule has 2 saturated heterocycles. The van der Waals surface area contributed by atoms with Crippen molar-refractivity contribution in [3.8, 4) is 0 Å². The monoisotopic (exact) mass is 466 g/mol. The van der Waals surface area contributed by atoms with Crippen molar-refractivity contribution >= 4 is 29.3 Å². The molecule has 8 heteroatoms. The van der Waals surface area contributed by atoms with Crippen LogP contribution in [0.3, 0.4) is 0 Å². The summed E-state index contributed by atoms with van der Waals surface area (Å²) in [4.78, 5) is 53.7. The largest absolute Gasteiger partial charge is 0.468 e. The second-order valence-corrected chi connectivity index (χ2v) is 8.87. The van der Waals surface area contributed by atoms with E-state index in [4.69, 9.17) is 4.74 Å². The highest BCUT2D eigenvalue weighted by atomic mass is 19.1. The Morgan fingerprint density at radius 3 is 2.50 bits per heavy atom. The summed E-state index contributed by atoms with van der Waals surface area (Å²) in [5.41, 5.74) is -0.339. The van der Waals surface area contributed by atoms with Crippen molar-refractivity contribution in [1.29, 1.82) is 0 Å². The van der Waals surface area contributed by atoms with Crippen LogP contribution in [0.1, 0.15) is 55.1 Å². The van der Waals surface area contributed by atoms with Crippen molar-refractivity contribution in [2.24, 2.45) is 11.8 Å². The molecule has 1 N–H and O–H groups in total. The normalized spacial score (nSPS) is 26.0. The van der Waals surface area contributed by atoms with E-state index in [9.17, 15) is 23.6 Å². The topological polar surface area (TPSA) is 92.8 Å². The summed E-state index contributed by atoms with van der Waals surface area (Å²) < 4.78 is 19.2. The first-order valence-corrected chi connectivity index (χ1v) is 11.4. The number of esters is 1. The summed E-state index contributed by atoms with van der Waals surface area (Å²) in [5.74, 6) is -4.33. The maximum absolute atomic E-state index is 14.1. The molecule has 0 aliphatic carbocycles. The standard InChI is InChI=1S/C26H27FN2O5/c1-4-5-12-26(25(33)34-3)21-20(22(28-26)17-9-6-10-18(27)13-17)23(31)29(24(21)32)19-11-7-8-16(14-19)15(2)30/h6-11,13-14,20-22,28H,4-5,12H2,1-3H3/t20-,21-,22+,26-/m0/s1. The number of nitrogens with one attached hydrogen (secondary N) is 1. The Hall–Kier alpha value is -3.39.